The normalized spacial score (nSPS) is 13.7. The molecule has 0 amide bonds. The summed E-state index contributed by atoms with van der Waals surface area (Å²) < 4.78 is 12.5. The Balaban J connectivity index is 1.59. The molecule has 4 heterocycles. The van der Waals surface area contributed by atoms with Gasteiger partial charge in [-0.3, -0.25) is 4.98 Å². The summed E-state index contributed by atoms with van der Waals surface area (Å²) in [6, 6.07) is 9.89. The lowest BCUT2D eigenvalue weighted by molar-refractivity contribution is 0.144. The summed E-state index contributed by atoms with van der Waals surface area (Å²) in [6.07, 6.45) is 9.56. The summed E-state index contributed by atoms with van der Waals surface area (Å²) in [4.78, 5) is 13.6. The molecule has 0 bridgehead atoms. The lowest BCUT2D eigenvalue weighted by Gasteiger charge is -2.07. The molecule has 0 N–H and O–H groups in total. The molecule has 0 radical (unpaired) electrons. The molecule has 7 nitrogen and oxygen atoms in total. The van der Waals surface area contributed by atoms with Crippen molar-refractivity contribution in [3.8, 4) is 28.3 Å². The molecular formula is C22H21N5O2. The van der Waals surface area contributed by atoms with Crippen LogP contribution in [0.1, 0.15) is 24.5 Å². The van der Waals surface area contributed by atoms with Crippen LogP contribution in [0.5, 0.6) is 5.88 Å². The molecule has 146 valence electrons. The predicted octanol–water partition coefficient (Wildman–Crippen LogP) is 3.76. The fourth-order valence-corrected chi connectivity index (χ4v) is 3.47. The minimum atomic E-state index is 0.475. The molecule has 0 aliphatic heterocycles. The molecule has 1 aliphatic rings. The number of ether oxygens (including phenoxy) is 2. The Kier molecular flexibility index (Phi) is 4.65. The van der Waals surface area contributed by atoms with Crippen molar-refractivity contribution < 1.29 is 9.47 Å². The average Bonchev–Trinajstić information content (AvgIpc) is 3.55. The highest BCUT2D eigenvalue weighted by molar-refractivity contribution is 5.80. The summed E-state index contributed by atoms with van der Waals surface area (Å²) in [7, 11) is 1.65. The summed E-state index contributed by atoms with van der Waals surface area (Å²) >= 11 is 0. The molecule has 1 aliphatic carbocycles. The molecule has 5 rings (SSSR count). The molecule has 4 aromatic heterocycles. The molecular weight excluding hydrogens is 366 g/mol. The van der Waals surface area contributed by atoms with E-state index in [-0.39, 0.29) is 0 Å². The van der Waals surface area contributed by atoms with Gasteiger partial charge in [0.25, 0.3) is 0 Å². The minimum Gasteiger partial charge on any atom is -0.475 e. The van der Waals surface area contributed by atoms with Crippen LogP contribution in [0.4, 0.5) is 0 Å². The first-order valence-corrected chi connectivity index (χ1v) is 9.71. The van der Waals surface area contributed by atoms with Crippen molar-refractivity contribution in [3.63, 3.8) is 0 Å². The van der Waals surface area contributed by atoms with E-state index in [9.17, 15) is 0 Å². The third kappa shape index (κ3) is 3.45. The zero-order valence-corrected chi connectivity index (χ0v) is 16.2. The zero-order chi connectivity index (χ0) is 19.6. The van der Waals surface area contributed by atoms with Gasteiger partial charge in [0.2, 0.25) is 5.88 Å². The second-order valence-electron chi connectivity index (χ2n) is 7.06. The van der Waals surface area contributed by atoms with Gasteiger partial charge in [0.15, 0.2) is 5.65 Å². The van der Waals surface area contributed by atoms with Gasteiger partial charge in [0.05, 0.1) is 18.0 Å². The highest BCUT2D eigenvalue weighted by Gasteiger charge is 2.31. The van der Waals surface area contributed by atoms with Crippen LogP contribution in [0.3, 0.4) is 0 Å². The van der Waals surface area contributed by atoms with E-state index >= 15 is 0 Å². The molecule has 1 saturated carbocycles. The molecule has 0 aromatic carbocycles. The van der Waals surface area contributed by atoms with E-state index in [1.165, 1.54) is 0 Å². The molecule has 0 unspecified atom stereocenters. The molecule has 0 spiro atoms. The monoisotopic (exact) mass is 387 g/mol. The van der Waals surface area contributed by atoms with Crippen molar-refractivity contribution in [2.75, 3.05) is 20.3 Å². The van der Waals surface area contributed by atoms with Gasteiger partial charge in [-0.15, -0.1) is 0 Å². The summed E-state index contributed by atoms with van der Waals surface area (Å²) in [5.74, 6) is 1.06. The number of fused-ring (bicyclic) bond motifs is 1. The standard InChI is InChI=1S/C22H21N5O2/c1-28-12-13-29-19-5-4-17(14-24-19)21-20(16-2-3-16)26-22-18(8-11-25-27(21)22)15-6-9-23-10-7-15/h4-11,14,16H,2-3,12-13H2,1H3. The molecule has 29 heavy (non-hydrogen) atoms. The van der Waals surface area contributed by atoms with Crippen LogP contribution in [0.15, 0.2) is 55.1 Å². The number of hydrogen-bond donors (Lipinski definition) is 0. The van der Waals surface area contributed by atoms with Gasteiger partial charge in [-0.2, -0.15) is 5.10 Å². The van der Waals surface area contributed by atoms with Gasteiger partial charge in [0.1, 0.15) is 6.61 Å². The maximum atomic E-state index is 5.59. The molecule has 0 atom stereocenters. The Morgan fingerprint density at radius 1 is 1.00 bits per heavy atom. The SMILES string of the molecule is COCCOc1ccc(-c2c(C3CC3)nc3c(-c4ccncc4)ccnn23)cn1. The van der Waals surface area contributed by atoms with Crippen LogP contribution in [-0.2, 0) is 4.74 Å². The molecule has 0 saturated heterocycles. The Labute approximate surface area is 168 Å². The average molecular weight is 387 g/mol. The summed E-state index contributed by atoms with van der Waals surface area (Å²) in [5.41, 5.74) is 6.06. The lowest BCUT2D eigenvalue weighted by Crippen LogP contribution is -2.05. The Morgan fingerprint density at radius 2 is 1.86 bits per heavy atom. The Hall–Kier alpha value is -3.32. The van der Waals surface area contributed by atoms with Crippen LogP contribution in [-0.4, -0.2) is 44.9 Å². The van der Waals surface area contributed by atoms with Crippen molar-refractivity contribution in [2.24, 2.45) is 0 Å². The van der Waals surface area contributed by atoms with Crippen LogP contribution >= 0.6 is 0 Å². The second-order valence-corrected chi connectivity index (χ2v) is 7.06. The van der Waals surface area contributed by atoms with Crippen molar-refractivity contribution in [1.82, 2.24) is 24.6 Å². The summed E-state index contributed by atoms with van der Waals surface area (Å²) in [5, 5.41) is 4.62. The molecule has 4 aromatic rings. The van der Waals surface area contributed by atoms with E-state index in [1.54, 1.807) is 19.5 Å². The highest BCUT2D eigenvalue weighted by atomic mass is 16.5. The van der Waals surface area contributed by atoms with E-state index in [2.05, 4.69) is 15.1 Å². The Morgan fingerprint density at radius 3 is 2.59 bits per heavy atom. The lowest BCUT2D eigenvalue weighted by atomic mass is 10.1. The van der Waals surface area contributed by atoms with Crippen molar-refractivity contribution in [3.05, 3.63) is 60.8 Å². The smallest absolute Gasteiger partial charge is 0.213 e. The van der Waals surface area contributed by atoms with Crippen molar-refractivity contribution in [2.45, 2.75) is 18.8 Å². The van der Waals surface area contributed by atoms with Gasteiger partial charge in [-0.1, -0.05) is 0 Å². The number of rotatable bonds is 7. The number of hydrogen-bond acceptors (Lipinski definition) is 6. The topological polar surface area (TPSA) is 74.4 Å². The van der Waals surface area contributed by atoms with E-state index < -0.39 is 0 Å². The van der Waals surface area contributed by atoms with Crippen LogP contribution in [0, 0.1) is 0 Å². The van der Waals surface area contributed by atoms with E-state index in [0.717, 1.165) is 46.6 Å². The molecule has 7 heteroatoms. The fourth-order valence-electron chi connectivity index (χ4n) is 3.47. The van der Waals surface area contributed by atoms with Gasteiger partial charge in [-0.05, 0) is 42.7 Å². The first-order chi connectivity index (χ1) is 14.3. The van der Waals surface area contributed by atoms with Crippen molar-refractivity contribution in [1.29, 1.82) is 0 Å². The number of imidazole rings is 1. The van der Waals surface area contributed by atoms with E-state index in [0.29, 0.717) is 25.0 Å². The third-order valence-corrected chi connectivity index (χ3v) is 5.05. The number of aromatic nitrogens is 5. The van der Waals surface area contributed by atoms with Crippen LogP contribution in [0.25, 0.3) is 28.0 Å². The van der Waals surface area contributed by atoms with Gasteiger partial charge in [-0.25, -0.2) is 14.5 Å². The van der Waals surface area contributed by atoms with Gasteiger partial charge >= 0.3 is 0 Å². The number of pyridine rings is 2. The van der Waals surface area contributed by atoms with Crippen LogP contribution < -0.4 is 4.74 Å². The second kappa shape index (κ2) is 7.60. The maximum absolute atomic E-state index is 5.59. The first kappa shape index (κ1) is 17.8. The minimum absolute atomic E-state index is 0.475. The summed E-state index contributed by atoms with van der Waals surface area (Å²) in [6.45, 7) is 1.01. The highest BCUT2D eigenvalue weighted by Crippen LogP contribution is 2.44. The van der Waals surface area contributed by atoms with E-state index in [4.69, 9.17) is 14.5 Å². The van der Waals surface area contributed by atoms with Crippen molar-refractivity contribution >= 4 is 5.65 Å². The zero-order valence-electron chi connectivity index (χ0n) is 16.2. The fraction of sp³-hybridized carbons (Fsp3) is 0.273. The Bertz CT molecular complexity index is 1120. The predicted molar refractivity (Wildman–Crippen MR) is 109 cm³/mol. The number of methoxy groups -OCH3 is 1. The first-order valence-electron chi connectivity index (χ1n) is 9.71. The third-order valence-electron chi connectivity index (χ3n) is 5.05. The quantitative estimate of drug-likeness (QED) is 0.450. The maximum Gasteiger partial charge on any atom is 0.213 e. The molecule has 1 fully saturated rings. The largest absolute Gasteiger partial charge is 0.475 e. The van der Waals surface area contributed by atoms with E-state index in [1.807, 2.05) is 47.2 Å². The van der Waals surface area contributed by atoms with Gasteiger partial charge in [0, 0.05) is 55.0 Å². The van der Waals surface area contributed by atoms with Crippen LogP contribution in [0.2, 0.25) is 0 Å². The van der Waals surface area contributed by atoms with Gasteiger partial charge < -0.3 is 9.47 Å². The number of nitrogens with zero attached hydrogens (tertiary/aromatic N) is 5.